The van der Waals surface area contributed by atoms with Crippen molar-refractivity contribution < 1.29 is 5.11 Å². The highest BCUT2D eigenvalue weighted by atomic mass is 16.3. The van der Waals surface area contributed by atoms with Crippen molar-refractivity contribution >= 4 is 0 Å². The molecular formula is C16H25NO. The van der Waals surface area contributed by atoms with E-state index in [0.29, 0.717) is 12.1 Å². The van der Waals surface area contributed by atoms with Crippen molar-refractivity contribution in [2.24, 2.45) is 0 Å². The average Bonchev–Trinajstić information content (AvgIpc) is 2.35. The van der Waals surface area contributed by atoms with Crippen LogP contribution < -0.4 is 5.32 Å². The maximum Gasteiger partial charge on any atom is 0.0570 e. The van der Waals surface area contributed by atoms with Crippen LogP contribution in [0.25, 0.3) is 0 Å². The molecule has 0 spiro atoms. The number of aliphatic hydroxyl groups is 1. The summed E-state index contributed by atoms with van der Waals surface area (Å²) in [6.45, 7) is 4.43. The van der Waals surface area contributed by atoms with Gasteiger partial charge in [0.2, 0.25) is 0 Å². The molecule has 1 aromatic rings. The maximum absolute atomic E-state index is 9.28. The van der Waals surface area contributed by atoms with Crippen LogP contribution in [-0.4, -0.2) is 17.3 Å². The highest BCUT2D eigenvalue weighted by Gasteiger charge is 2.27. The first-order valence-corrected chi connectivity index (χ1v) is 7.22. The Morgan fingerprint density at radius 3 is 2.50 bits per heavy atom. The van der Waals surface area contributed by atoms with E-state index >= 15 is 0 Å². The zero-order valence-corrected chi connectivity index (χ0v) is 11.5. The molecule has 1 fully saturated rings. The lowest BCUT2D eigenvalue weighted by molar-refractivity contribution is 0.0586. The van der Waals surface area contributed by atoms with Gasteiger partial charge in [0, 0.05) is 12.1 Å². The van der Waals surface area contributed by atoms with Crippen molar-refractivity contribution in [2.45, 2.75) is 64.1 Å². The molecule has 2 rings (SSSR count). The number of aryl methyl sites for hydroxylation is 1. The zero-order chi connectivity index (χ0) is 13.0. The number of unbranched alkanes of at least 4 members (excludes halogenated alkanes) is 1. The van der Waals surface area contributed by atoms with E-state index in [0.717, 1.165) is 12.8 Å². The number of rotatable bonds is 6. The molecule has 1 aliphatic rings. The molecule has 0 aliphatic heterocycles. The van der Waals surface area contributed by atoms with Gasteiger partial charge in [-0.2, -0.15) is 0 Å². The van der Waals surface area contributed by atoms with Crippen molar-refractivity contribution in [3.63, 3.8) is 0 Å². The summed E-state index contributed by atoms with van der Waals surface area (Å²) in [7, 11) is 0. The van der Waals surface area contributed by atoms with Gasteiger partial charge in [0.15, 0.2) is 0 Å². The third-order valence-electron chi connectivity index (χ3n) is 3.90. The monoisotopic (exact) mass is 247 g/mol. The molecule has 100 valence electrons. The van der Waals surface area contributed by atoms with Crippen LogP contribution in [0.5, 0.6) is 0 Å². The molecule has 1 aliphatic carbocycles. The number of hydrogen-bond acceptors (Lipinski definition) is 2. The van der Waals surface area contributed by atoms with Gasteiger partial charge in [-0.1, -0.05) is 37.6 Å². The second kappa shape index (κ2) is 6.35. The Bertz CT molecular complexity index is 354. The van der Waals surface area contributed by atoms with Crippen LogP contribution in [0.1, 0.15) is 56.7 Å². The summed E-state index contributed by atoms with van der Waals surface area (Å²) in [6.07, 6.45) is 5.44. The molecule has 1 aromatic carbocycles. The van der Waals surface area contributed by atoms with E-state index in [1.54, 1.807) is 0 Å². The first-order chi connectivity index (χ1) is 8.69. The van der Waals surface area contributed by atoms with E-state index in [-0.39, 0.29) is 6.10 Å². The Balaban J connectivity index is 1.84. The van der Waals surface area contributed by atoms with Gasteiger partial charge >= 0.3 is 0 Å². The van der Waals surface area contributed by atoms with Crippen molar-refractivity contribution in [1.82, 2.24) is 5.32 Å². The summed E-state index contributed by atoms with van der Waals surface area (Å²) in [4.78, 5) is 0. The first-order valence-electron chi connectivity index (χ1n) is 7.22. The van der Waals surface area contributed by atoms with E-state index in [9.17, 15) is 5.11 Å². The number of hydrogen-bond donors (Lipinski definition) is 2. The normalized spacial score (nSPS) is 24.6. The van der Waals surface area contributed by atoms with Gasteiger partial charge in [0.05, 0.1) is 6.10 Å². The summed E-state index contributed by atoms with van der Waals surface area (Å²) in [5.74, 6) is 0. The lowest BCUT2D eigenvalue weighted by Crippen LogP contribution is -2.45. The minimum absolute atomic E-state index is 0.0777. The second-order valence-electron chi connectivity index (χ2n) is 5.56. The predicted octanol–water partition coefficient (Wildman–Crippen LogP) is 3.20. The van der Waals surface area contributed by atoms with Crippen LogP contribution >= 0.6 is 0 Å². The van der Waals surface area contributed by atoms with Crippen molar-refractivity contribution in [3.8, 4) is 0 Å². The fraction of sp³-hybridized carbons (Fsp3) is 0.625. The largest absolute Gasteiger partial charge is 0.393 e. The summed E-state index contributed by atoms with van der Waals surface area (Å²) in [6, 6.07) is 9.84. The van der Waals surface area contributed by atoms with Gasteiger partial charge in [-0.3, -0.25) is 0 Å². The Morgan fingerprint density at radius 1 is 1.28 bits per heavy atom. The van der Waals surface area contributed by atoms with Gasteiger partial charge < -0.3 is 10.4 Å². The smallest absolute Gasteiger partial charge is 0.0570 e. The van der Waals surface area contributed by atoms with E-state index in [2.05, 4.69) is 43.4 Å². The van der Waals surface area contributed by atoms with E-state index < -0.39 is 0 Å². The van der Waals surface area contributed by atoms with Gasteiger partial charge in [0.1, 0.15) is 0 Å². The molecule has 1 atom stereocenters. The van der Waals surface area contributed by atoms with E-state index in [1.807, 2.05) is 0 Å². The van der Waals surface area contributed by atoms with Gasteiger partial charge in [-0.05, 0) is 43.7 Å². The molecular weight excluding hydrogens is 222 g/mol. The van der Waals surface area contributed by atoms with Gasteiger partial charge in [-0.15, -0.1) is 0 Å². The molecule has 2 heteroatoms. The predicted molar refractivity (Wildman–Crippen MR) is 75.6 cm³/mol. The molecule has 1 unspecified atom stereocenters. The van der Waals surface area contributed by atoms with Gasteiger partial charge in [-0.25, -0.2) is 0 Å². The highest BCUT2D eigenvalue weighted by Crippen LogP contribution is 2.23. The van der Waals surface area contributed by atoms with Crippen LogP contribution in [0, 0.1) is 0 Å². The third-order valence-corrected chi connectivity index (χ3v) is 3.90. The molecule has 0 amide bonds. The maximum atomic E-state index is 9.28. The average molecular weight is 247 g/mol. The Hall–Kier alpha value is -0.860. The summed E-state index contributed by atoms with van der Waals surface area (Å²) in [5.41, 5.74) is 2.78. The summed E-state index contributed by atoms with van der Waals surface area (Å²) >= 11 is 0. The fourth-order valence-electron chi connectivity index (χ4n) is 2.53. The minimum atomic E-state index is -0.0777. The van der Waals surface area contributed by atoms with Crippen LogP contribution in [0.3, 0.4) is 0 Å². The molecule has 2 nitrogen and oxygen atoms in total. The van der Waals surface area contributed by atoms with Crippen molar-refractivity contribution in [2.75, 3.05) is 0 Å². The lowest BCUT2D eigenvalue weighted by Gasteiger charge is -2.34. The molecule has 0 heterocycles. The lowest BCUT2D eigenvalue weighted by atomic mass is 9.88. The zero-order valence-electron chi connectivity index (χ0n) is 11.5. The topological polar surface area (TPSA) is 32.3 Å². The van der Waals surface area contributed by atoms with Crippen LogP contribution in [0.15, 0.2) is 24.3 Å². The molecule has 18 heavy (non-hydrogen) atoms. The summed E-state index contributed by atoms with van der Waals surface area (Å²) in [5, 5.41) is 12.8. The molecule has 0 bridgehead atoms. The van der Waals surface area contributed by atoms with Crippen LogP contribution in [0.2, 0.25) is 0 Å². The van der Waals surface area contributed by atoms with E-state index in [4.69, 9.17) is 0 Å². The number of benzene rings is 1. The number of nitrogens with one attached hydrogen (secondary N) is 1. The Morgan fingerprint density at radius 2 is 1.94 bits per heavy atom. The van der Waals surface area contributed by atoms with Crippen LogP contribution in [0.4, 0.5) is 0 Å². The standard InChI is InChI=1S/C16H25NO/c1-3-4-5-13-6-8-14(9-7-13)12(2)17-15-10-16(18)11-15/h6-9,12,15-18H,3-5,10-11H2,1-2H3. The summed E-state index contributed by atoms with van der Waals surface area (Å²) < 4.78 is 0. The molecule has 0 saturated heterocycles. The quantitative estimate of drug-likeness (QED) is 0.809. The highest BCUT2D eigenvalue weighted by molar-refractivity contribution is 5.25. The number of aliphatic hydroxyl groups excluding tert-OH is 1. The molecule has 1 saturated carbocycles. The molecule has 0 radical (unpaired) electrons. The SMILES string of the molecule is CCCCc1ccc(C(C)NC2CC(O)C2)cc1. The Labute approximate surface area is 110 Å². The van der Waals surface area contributed by atoms with Crippen molar-refractivity contribution in [3.05, 3.63) is 35.4 Å². The third kappa shape index (κ3) is 3.56. The molecule has 2 N–H and O–H groups in total. The molecule has 0 aromatic heterocycles. The first kappa shape index (κ1) is 13.6. The minimum Gasteiger partial charge on any atom is -0.393 e. The van der Waals surface area contributed by atoms with E-state index in [1.165, 1.54) is 30.4 Å². The van der Waals surface area contributed by atoms with Gasteiger partial charge in [0.25, 0.3) is 0 Å². The second-order valence-corrected chi connectivity index (χ2v) is 5.56. The van der Waals surface area contributed by atoms with Crippen molar-refractivity contribution in [1.29, 1.82) is 0 Å². The fourth-order valence-corrected chi connectivity index (χ4v) is 2.53. The Kier molecular flexibility index (Phi) is 4.79. The van der Waals surface area contributed by atoms with Crippen LogP contribution in [-0.2, 0) is 6.42 Å².